The molecule has 1 aromatic heterocycles. The Morgan fingerprint density at radius 2 is 1.51 bits per heavy atom. The van der Waals surface area contributed by atoms with Crippen LogP contribution in [0.5, 0.6) is 0 Å². The highest BCUT2D eigenvalue weighted by Gasteiger charge is 2.44. The van der Waals surface area contributed by atoms with E-state index in [0.29, 0.717) is 17.8 Å². The van der Waals surface area contributed by atoms with Gasteiger partial charge < -0.3 is 19.4 Å². The maximum Gasteiger partial charge on any atom is 0.136 e. The van der Waals surface area contributed by atoms with Gasteiger partial charge in [-0.1, -0.05) is 91.0 Å². The van der Waals surface area contributed by atoms with Crippen molar-refractivity contribution in [2.24, 2.45) is 17.8 Å². The quantitative estimate of drug-likeness (QED) is 0.196. The van der Waals surface area contributed by atoms with E-state index in [4.69, 9.17) is 9.15 Å². The minimum Gasteiger partial charge on any atom is -0.490 e. The van der Waals surface area contributed by atoms with Crippen LogP contribution in [-0.4, -0.2) is 12.6 Å². The summed E-state index contributed by atoms with van der Waals surface area (Å²) in [6.45, 7) is 0.865. The van der Waals surface area contributed by atoms with Crippen molar-refractivity contribution in [3.05, 3.63) is 187 Å². The largest absolute Gasteiger partial charge is 0.490 e. The fraction of sp³-hybridized carbons (Fsp3) is 0.143. The molecule has 1 fully saturated rings. The number of benzene rings is 5. The number of dihydropyridines is 1. The molecule has 0 spiro atoms. The lowest BCUT2D eigenvalue weighted by molar-refractivity contribution is 0.183. The van der Waals surface area contributed by atoms with Crippen molar-refractivity contribution in [3.8, 4) is 11.1 Å². The third-order valence-corrected chi connectivity index (χ3v) is 11.8. The molecular formula is C49H38N2O2. The second kappa shape index (κ2) is 12.2. The van der Waals surface area contributed by atoms with E-state index in [1.165, 1.54) is 44.3 Å². The summed E-state index contributed by atoms with van der Waals surface area (Å²) in [6, 6.07) is 37.7. The summed E-state index contributed by atoms with van der Waals surface area (Å²) >= 11 is 0. The number of anilines is 2. The van der Waals surface area contributed by atoms with Crippen molar-refractivity contribution in [3.63, 3.8) is 0 Å². The van der Waals surface area contributed by atoms with Gasteiger partial charge in [-0.05, 0) is 130 Å². The highest BCUT2D eigenvalue weighted by molar-refractivity contribution is 6.10. The molecule has 0 amide bonds. The van der Waals surface area contributed by atoms with Crippen LogP contribution in [-0.2, 0) is 4.74 Å². The Balaban J connectivity index is 0.975. The normalized spacial score (nSPS) is 22.6. The van der Waals surface area contributed by atoms with Crippen molar-refractivity contribution in [2.45, 2.75) is 18.9 Å². The molecule has 256 valence electrons. The van der Waals surface area contributed by atoms with Gasteiger partial charge in [-0.2, -0.15) is 0 Å². The van der Waals surface area contributed by atoms with Gasteiger partial charge in [0.25, 0.3) is 0 Å². The number of allylic oxidation sites excluding steroid dienone is 10. The summed E-state index contributed by atoms with van der Waals surface area (Å²) in [5.41, 5.74) is 11.8. The van der Waals surface area contributed by atoms with E-state index in [2.05, 4.69) is 162 Å². The second-order valence-electron chi connectivity index (χ2n) is 14.9. The predicted molar refractivity (Wildman–Crippen MR) is 217 cm³/mol. The van der Waals surface area contributed by atoms with Gasteiger partial charge in [0, 0.05) is 46.2 Å². The van der Waals surface area contributed by atoms with Crippen LogP contribution < -0.4 is 10.2 Å². The average Bonchev–Trinajstić information content (AvgIpc) is 3.77. The third-order valence-electron chi connectivity index (χ3n) is 11.8. The predicted octanol–water partition coefficient (Wildman–Crippen LogP) is 11.9. The molecule has 0 radical (unpaired) electrons. The Morgan fingerprint density at radius 3 is 2.38 bits per heavy atom. The van der Waals surface area contributed by atoms with Crippen molar-refractivity contribution < 1.29 is 9.15 Å². The highest BCUT2D eigenvalue weighted by atomic mass is 16.5. The highest BCUT2D eigenvalue weighted by Crippen LogP contribution is 2.50. The first-order valence-corrected chi connectivity index (χ1v) is 18.8. The number of nitrogens with one attached hydrogen (secondary N) is 1. The fourth-order valence-corrected chi connectivity index (χ4v) is 9.12. The monoisotopic (exact) mass is 686 g/mol. The Morgan fingerprint density at radius 1 is 0.698 bits per heavy atom. The average molecular weight is 687 g/mol. The van der Waals surface area contributed by atoms with E-state index in [1.807, 2.05) is 12.3 Å². The van der Waals surface area contributed by atoms with Gasteiger partial charge in [0.2, 0.25) is 0 Å². The van der Waals surface area contributed by atoms with Gasteiger partial charge in [0.15, 0.2) is 0 Å². The molecule has 11 rings (SSSR count). The molecule has 0 bridgehead atoms. The second-order valence-corrected chi connectivity index (χ2v) is 14.9. The molecule has 1 saturated heterocycles. The summed E-state index contributed by atoms with van der Waals surface area (Å²) in [7, 11) is 0. The molecule has 4 heteroatoms. The van der Waals surface area contributed by atoms with Gasteiger partial charge in [-0.15, -0.1) is 0 Å². The molecule has 5 aromatic carbocycles. The van der Waals surface area contributed by atoms with Crippen LogP contribution in [0.25, 0.3) is 49.4 Å². The summed E-state index contributed by atoms with van der Waals surface area (Å²) in [4.78, 5) is 2.48. The van der Waals surface area contributed by atoms with Crippen molar-refractivity contribution in [1.29, 1.82) is 0 Å². The molecule has 53 heavy (non-hydrogen) atoms. The first-order valence-electron chi connectivity index (χ1n) is 18.8. The topological polar surface area (TPSA) is 37.6 Å². The molecule has 3 aliphatic carbocycles. The summed E-state index contributed by atoms with van der Waals surface area (Å²) in [6.07, 6.45) is 24.5. The van der Waals surface area contributed by atoms with Crippen LogP contribution in [0.1, 0.15) is 18.4 Å². The number of rotatable bonds is 5. The number of hydrogen-bond acceptors (Lipinski definition) is 4. The summed E-state index contributed by atoms with van der Waals surface area (Å²) in [5.74, 6) is 2.45. The summed E-state index contributed by atoms with van der Waals surface area (Å²) in [5, 5.41) is 7.91. The van der Waals surface area contributed by atoms with Gasteiger partial charge in [-0.3, -0.25) is 0 Å². The number of fused-ring (bicyclic) bond motifs is 8. The van der Waals surface area contributed by atoms with Gasteiger partial charge in [-0.25, -0.2) is 0 Å². The zero-order valence-corrected chi connectivity index (χ0v) is 29.3. The van der Waals surface area contributed by atoms with Crippen molar-refractivity contribution >= 4 is 49.7 Å². The first kappa shape index (κ1) is 30.4. The smallest absolute Gasteiger partial charge is 0.136 e. The minimum absolute atomic E-state index is 0.158. The molecule has 5 aliphatic rings. The molecule has 1 N–H and O–H groups in total. The van der Waals surface area contributed by atoms with Gasteiger partial charge in [0.05, 0.1) is 0 Å². The lowest BCUT2D eigenvalue weighted by Gasteiger charge is -2.36. The zero-order chi connectivity index (χ0) is 34.9. The summed E-state index contributed by atoms with van der Waals surface area (Å²) < 4.78 is 12.7. The van der Waals surface area contributed by atoms with Crippen LogP contribution in [0.15, 0.2) is 185 Å². The van der Waals surface area contributed by atoms with Gasteiger partial charge >= 0.3 is 0 Å². The number of hydrogen-bond donors (Lipinski definition) is 1. The van der Waals surface area contributed by atoms with Crippen LogP contribution in [0.3, 0.4) is 0 Å². The molecule has 4 unspecified atom stereocenters. The SMILES string of the molecule is C1=CC2OC3=CC4=CC=C(N(c5ccc(-c6ccc(C7=CCNC=C7)cc6)cc5)c5ccc6cc7oc8ccccc8c7cc6c5)CC4CC3C2C=C1. The number of ether oxygens (including phenoxy) is 1. The standard InChI is InChI=1S/C49H38N2O2/c1-3-7-46-42(5-1)44-27-37-25-40(19-15-35(37)29-48(44)52-46)51(39-17-13-33(14-18-39)31-9-11-32(12-10-31)34-21-23-50-24-22-34)41-20-16-36-30-49-45(28-38(36)26-41)43-6-2-4-8-47(43)53-49/h1-23,25,27,29-30,38,43,45,47,50H,24,26,28H2. The Kier molecular flexibility index (Phi) is 6.97. The van der Waals surface area contributed by atoms with E-state index in [1.54, 1.807) is 0 Å². The number of furan rings is 1. The Bertz CT molecular complexity index is 2660. The van der Waals surface area contributed by atoms with E-state index in [-0.39, 0.29) is 6.10 Å². The van der Waals surface area contributed by atoms with E-state index in [9.17, 15) is 0 Å². The van der Waals surface area contributed by atoms with Gasteiger partial charge in [0.1, 0.15) is 23.0 Å². The fourth-order valence-electron chi connectivity index (χ4n) is 9.12. The Hall–Kier alpha value is -6.26. The molecule has 6 aromatic rings. The van der Waals surface area contributed by atoms with Crippen LogP contribution in [0.2, 0.25) is 0 Å². The first-order chi connectivity index (χ1) is 26.2. The molecule has 4 atom stereocenters. The maximum atomic E-state index is 6.44. The van der Waals surface area contributed by atoms with Crippen LogP contribution in [0.4, 0.5) is 11.4 Å². The molecule has 2 aliphatic heterocycles. The number of para-hydroxylation sites is 1. The molecule has 0 saturated carbocycles. The molecular weight excluding hydrogens is 649 g/mol. The Labute approximate surface area is 309 Å². The van der Waals surface area contributed by atoms with E-state index in [0.717, 1.165) is 58.5 Å². The lowest BCUT2D eigenvalue weighted by atomic mass is 9.72. The van der Waals surface area contributed by atoms with Crippen LogP contribution in [0, 0.1) is 17.8 Å². The number of nitrogens with zero attached hydrogens (tertiary/aromatic N) is 1. The molecule has 3 heterocycles. The molecule has 4 nitrogen and oxygen atoms in total. The van der Waals surface area contributed by atoms with E-state index >= 15 is 0 Å². The lowest BCUT2D eigenvalue weighted by Crippen LogP contribution is -2.27. The van der Waals surface area contributed by atoms with Crippen LogP contribution >= 0.6 is 0 Å². The van der Waals surface area contributed by atoms with E-state index < -0.39 is 0 Å². The third kappa shape index (κ3) is 5.20. The van der Waals surface area contributed by atoms with Crippen molar-refractivity contribution in [2.75, 3.05) is 11.4 Å². The van der Waals surface area contributed by atoms with Crippen molar-refractivity contribution in [1.82, 2.24) is 5.32 Å². The maximum absolute atomic E-state index is 6.44. The minimum atomic E-state index is 0.158. The zero-order valence-electron chi connectivity index (χ0n) is 29.3.